The number of Topliss-reactive ketones (excluding diaryl/α,β-unsaturated/α-hetero) is 1. The van der Waals surface area contributed by atoms with Crippen molar-refractivity contribution in [3.05, 3.63) is 11.6 Å². The molecule has 9 atom stereocenters. The lowest BCUT2D eigenvalue weighted by atomic mass is 9.70. The third kappa shape index (κ3) is 7.12. The summed E-state index contributed by atoms with van der Waals surface area (Å²) in [7, 11) is 2.78. The molecule has 1 fully saturated rings. The number of hydrogen-bond donors (Lipinski definition) is 2. The van der Waals surface area contributed by atoms with Crippen molar-refractivity contribution in [2.24, 2.45) is 29.1 Å². The van der Waals surface area contributed by atoms with Crippen molar-refractivity contribution in [1.29, 1.82) is 0 Å². The molecule has 0 aromatic carbocycles. The Morgan fingerprint density at radius 3 is 2.15 bits per heavy atom. The maximum atomic E-state index is 13.5. The molecule has 0 aromatic heterocycles. The minimum Gasteiger partial charge on any atom is -0.469 e. The van der Waals surface area contributed by atoms with Crippen LogP contribution in [0.25, 0.3) is 0 Å². The molecule has 0 spiro atoms. The van der Waals surface area contributed by atoms with Crippen molar-refractivity contribution < 1.29 is 34.0 Å². The second-order valence-corrected chi connectivity index (χ2v) is 11.3. The second-order valence-electron chi connectivity index (χ2n) is 11.3. The number of epoxide rings is 1. The molecule has 0 amide bonds. The van der Waals surface area contributed by atoms with Gasteiger partial charge in [-0.25, -0.2) is 0 Å². The summed E-state index contributed by atoms with van der Waals surface area (Å²) in [6, 6.07) is 0. The van der Waals surface area contributed by atoms with Gasteiger partial charge >= 0.3 is 5.97 Å². The predicted octanol–water partition coefficient (Wildman–Crippen LogP) is 3.94. The molecule has 2 N–H and O–H groups in total. The van der Waals surface area contributed by atoms with Crippen LogP contribution >= 0.6 is 0 Å². The Morgan fingerprint density at radius 1 is 1.12 bits per heavy atom. The van der Waals surface area contributed by atoms with Crippen LogP contribution in [-0.4, -0.2) is 66.2 Å². The topological polar surface area (TPSA) is 106 Å². The van der Waals surface area contributed by atoms with Gasteiger partial charge in [-0.05, 0) is 33.1 Å². The van der Waals surface area contributed by atoms with Gasteiger partial charge in [-0.15, -0.1) is 0 Å². The van der Waals surface area contributed by atoms with E-state index in [1.54, 1.807) is 6.92 Å². The standard InChI is InChI=1S/C27H48O7/c1-15(2)12-18(5)24-27(9,34-24)23(31)17(4)13-16(3)22(30)26(7,8)25(33-11)19(6)20(28)14-21(29)32-10/h12,16-20,23-25,28,31H,13-14H2,1-11H3/t16-,17-,18-,19+,20-,23-,24+,25-,27-/m0/s1. The summed E-state index contributed by atoms with van der Waals surface area (Å²) >= 11 is 0. The number of aliphatic hydroxyl groups is 2. The maximum absolute atomic E-state index is 13.5. The number of ketones is 1. The minimum absolute atomic E-state index is 0.00755. The van der Waals surface area contributed by atoms with E-state index < -0.39 is 41.2 Å². The average molecular weight is 485 g/mol. The van der Waals surface area contributed by atoms with Gasteiger partial charge in [0.2, 0.25) is 0 Å². The smallest absolute Gasteiger partial charge is 0.308 e. The van der Waals surface area contributed by atoms with E-state index in [0.717, 1.165) is 0 Å². The Hall–Kier alpha value is -1.28. The Kier molecular flexibility index (Phi) is 11.0. The van der Waals surface area contributed by atoms with Crippen LogP contribution in [0, 0.1) is 29.1 Å². The molecule has 0 bridgehead atoms. The number of carbonyl (C=O) groups is 2. The van der Waals surface area contributed by atoms with Crippen LogP contribution in [0.4, 0.5) is 0 Å². The summed E-state index contributed by atoms with van der Waals surface area (Å²) in [5.74, 6) is -1.26. The van der Waals surface area contributed by atoms with Crippen LogP contribution < -0.4 is 0 Å². The van der Waals surface area contributed by atoms with Crippen LogP contribution in [0.5, 0.6) is 0 Å². The number of allylic oxidation sites excluding steroid dienone is 1. The van der Waals surface area contributed by atoms with Crippen molar-refractivity contribution in [1.82, 2.24) is 0 Å². The van der Waals surface area contributed by atoms with Crippen molar-refractivity contribution in [2.45, 2.75) is 105 Å². The van der Waals surface area contributed by atoms with E-state index in [1.165, 1.54) is 19.8 Å². The molecular weight excluding hydrogens is 436 g/mol. The zero-order chi connectivity index (χ0) is 26.6. The van der Waals surface area contributed by atoms with Gasteiger partial charge in [0.05, 0.1) is 43.4 Å². The molecule has 0 saturated carbocycles. The van der Waals surface area contributed by atoms with Crippen molar-refractivity contribution in [3.63, 3.8) is 0 Å². The zero-order valence-corrected chi connectivity index (χ0v) is 23.0. The fraction of sp³-hybridized carbons (Fsp3) is 0.852. The van der Waals surface area contributed by atoms with E-state index in [9.17, 15) is 19.8 Å². The Balaban J connectivity index is 2.86. The number of aliphatic hydroxyl groups excluding tert-OH is 2. The van der Waals surface area contributed by atoms with Gasteiger partial charge in [0.1, 0.15) is 11.4 Å². The van der Waals surface area contributed by atoms with Crippen LogP contribution in [-0.2, 0) is 23.8 Å². The number of esters is 1. The van der Waals surface area contributed by atoms with Crippen LogP contribution in [0.3, 0.4) is 0 Å². The molecular formula is C27H48O7. The van der Waals surface area contributed by atoms with E-state index in [1.807, 2.05) is 48.5 Å². The number of methoxy groups -OCH3 is 2. The molecule has 7 nitrogen and oxygen atoms in total. The zero-order valence-electron chi connectivity index (χ0n) is 23.0. The van der Waals surface area contributed by atoms with E-state index in [4.69, 9.17) is 9.47 Å². The first-order valence-corrected chi connectivity index (χ1v) is 12.4. The lowest BCUT2D eigenvalue weighted by Crippen LogP contribution is -2.48. The second kappa shape index (κ2) is 12.1. The van der Waals surface area contributed by atoms with Gasteiger partial charge in [-0.2, -0.15) is 0 Å². The quantitative estimate of drug-likeness (QED) is 0.218. The molecule has 34 heavy (non-hydrogen) atoms. The first-order chi connectivity index (χ1) is 15.5. The van der Waals surface area contributed by atoms with Crippen molar-refractivity contribution >= 4 is 11.8 Å². The molecule has 1 aliphatic heterocycles. The fourth-order valence-electron chi connectivity index (χ4n) is 5.66. The lowest BCUT2D eigenvalue weighted by molar-refractivity contribution is -0.149. The molecule has 1 aliphatic rings. The van der Waals surface area contributed by atoms with E-state index in [2.05, 4.69) is 17.7 Å². The number of hydrogen-bond acceptors (Lipinski definition) is 7. The van der Waals surface area contributed by atoms with Crippen molar-refractivity contribution in [3.8, 4) is 0 Å². The molecule has 0 unspecified atom stereocenters. The first-order valence-electron chi connectivity index (χ1n) is 12.4. The SMILES string of the molecule is COC(=O)C[C@H](O)[C@@H](C)[C@H](OC)C(C)(C)C(=O)[C@@H](C)C[C@H](C)[C@H](O)[C@]1(C)O[C@@H]1[C@@H](C)C=C(C)C. The molecule has 0 aromatic rings. The molecule has 7 heteroatoms. The normalized spacial score (nSPS) is 26.4. The maximum Gasteiger partial charge on any atom is 0.308 e. The van der Waals surface area contributed by atoms with Crippen LogP contribution in [0.15, 0.2) is 11.6 Å². The van der Waals surface area contributed by atoms with E-state index >= 15 is 0 Å². The highest BCUT2D eigenvalue weighted by Crippen LogP contribution is 2.47. The van der Waals surface area contributed by atoms with Gasteiger partial charge in [0, 0.05) is 24.9 Å². The molecule has 1 saturated heterocycles. The first kappa shape index (κ1) is 30.8. The summed E-state index contributed by atoms with van der Waals surface area (Å²) in [6.07, 6.45) is 0.170. The molecule has 1 rings (SSSR count). The summed E-state index contributed by atoms with van der Waals surface area (Å²) < 4.78 is 16.3. The third-order valence-corrected chi connectivity index (χ3v) is 7.55. The molecule has 0 aliphatic carbocycles. The van der Waals surface area contributed by atoms with E-state index in [0.29, 0.717) is 6.42 Å². The van der Waals surface area contributed by atoms with Gasteiger partial charge < -0.3 is 24.4 Å². The monoisotopic (exact) mass is 484 g/mol. The molecule has 198 valence electrons. The van der Waals surface area contributed by atoms with Crippen LogP contribution in [0.2, 0.25) is 0 Å². The lowest BCUT2D eigenvalue weighted by Gasteiger charge is -2.39. The Morgan fingerprint density at radius 2 is 1.68 bits per heavy atom. The highest BCUT2D eigenvalue weighted by molar-refractivity contribution is 5.86. The van der Waals surface area contributed by atoms with Crippen LogP contribution in [0.1, 0.15) is 75.2 Å². The van der Waals surface area contributed by atoms with Gasteiger partial charge in [0.15, 0.2) is 0 Å². The highest BCUT2D eigenvalue weighted by atomic mass is 16.6. The van der Waals surface area contributed by atoms with Gasteiger partial charge in [0.25, 0.3) is 0 Å². The summed E-state index contributed by atoms with van der Waals surface area (Å²) in [5, 5.41) is 21.6. The third-order valence-electron chi connectivity index (χ3n) is 7.55. The Bertz CT molecular complexity index is 726. The Labute approximate surface area is 206 Å². The number of rotatable bonds is 14. The largest absolute Gasteiger partial charge is 0.469 e. The summed E-state index contributed by atoms with van der Waals surface area (Å²) in [4.78, 5) is 25.1. The van der Waals surface area contributed by atoms with Crippen molar-refractivity contribution in [2.75, 3.05) is 14.2 Å². The van der Waals surface area contributed by atoms with E-state index in [-0.39, 0.29) is 36.1 Å². The van der Waals surface area contributed by atoms with Gasteiger partial charge in [-0.1, -0.05) is 53.2 Å². The summed E-state index contributed by atoms with van der Waals surface area (Å²) in [5.41, 5.74) is -0.312. The highest BCUT2D eigenvalue weighted by Gasteiger charge is 2.60. The van der Waals surface area contributed by atoms with Gasteiger partial charge in [-0.3, -0.25) is 9.59 Å². The predicted molar refractivity (Wildman–Crippen MR) is 132 cm³/mol. The minimum atomic E-state index is -0.993. The fourth-order valence-corrected chi connectivity index (χ4v) is 5.66. The summed E-state index contributed by atoms with van der Waals surface area (Å²) in [6.45, 7) is 17.3. The molecule has 0 radical (unpaired) electrons. The number of carbonyl (C=O) groups excluding carboxylic acids is 2. The molecule has 1 heterocycles. The number of ether oxygens (including phenoxy) is 3. The average Bonchev–Trinajstić information content (AvgIpc) is 3.44.